The maximum absolute atomic E-state index is 14.0. The van der Waals surface area contributed by atoms with E-state index in [2.05, 4.69) is 31.4 Å². The molecule has 1 aromatic carbocycles. The number of benzene rings is 1. The molecule has 0 bridgehead atoms. The van der Waals surface area contributed by atoms with Crippen molar-refractivity contribution in [1.82, 2.24) is 24.5 Å². The molecular weight excluding hydrogens is 525 g/mol. The van der Waals surface area contributed by atoms with Gasteiger partial charge in [0.1, 0.15) is 10.8 Å². The van der Waals surface area contributed by atoms with Crippen LogP contribution >= 0.6 is 27.5 Å². The van der Waals surface area contributed by atoms with Crippen LogP contribution in [0.25, 0.3) is 0 Å². The quantitative estimate of drug-likeness (QED) is 0.485. The third kappa shape index (κ3) is 4.61. The molecule has 7 nitrogen and oxygen atoms in total. The van der Waals surface area contributed by atoms with Gasteiger partial charge in [0.2, 0.25) is 0 Å². The van der Waals surface area contributed by atoms with Crippen LogP contribution in [0, 0.1) is 6.92 Å². The maximum atomic E-state index is 14.0. The van der Waals surface area contributed by atoms with Gasteiger partial charge in [0.25, 0.3) is 5.91 Å². The van der Waals surface area contributed by atoms with Crippen LogP contribution in [0.1, 0.15) is 45.8 Å². The normalized spacial score (nSPS) is 18.1. The lowest BCUT2D eigenvalue weighted by atomic mass is 9.97. The minimum atomic E-state index is -4.57. The number of fused-ring (bicyclic) bond motifs is 1. The Bertz CT molecular complexity index is 1190. The molecule has 176 valence electrons. The second kappa shape index (κ2) is 8.68. The summed E-state index contributed by atoms with van der Waals surface area (Å²) in [4.78, 5) is 14.4. The fraction of sp³-hybridized carbons (Fsp3) is 0.381. The zero-order valence-electron chi connectivity index (χ0n) is 18.0. The van der Waals surface area contributed by atoms with Gasteiger partial charge < -0.3 is 10.2 Å². The number of alkyl halides is 3. The minimum Gasteiger partial charge on any atom is -0.362 e. The van der Waals surface area contributed by atoms with Crippen LogP contribution in [0.3, 0.4) is 0 Å². The summed E-state index contributed by atoms with van der Waals surface area (Å²) in [6, 6.07) is 4.43. The van der Waals surface area contributed by atoms with Crippen LogP contribution in [0.4, 0.5) is 19.0 Å². The van der Waals surface area contributed by atoms with Crippen molar-refractivity contribution in [3.63, 3.8) is 0 Å². The highest BCUT2D eigenvalue weighted by Gasteiger charge is 2.48. The molecule has 0 radical (unpaired) electrons. The predicted octanol–water partition coefficient (Wildman–Crippen LogP) is 5.27. The number of aryl methyl sites for hydroxylation is 2. The van der Waals surface area contributed by atoms with Crippen LogP contribution in [-0.4, -0.2) is 43.6 Å². The van der Waals surface area contributed by atoms with E-state index >= 15 is 0 Å². The molecule has 0 saturated heterocycles. The number of anilines is 1. The second-order valence-electron chi connectivity index (χ2n) is 8.07. The largest absolute Gasteiger partial charge is 0.410 e. The maximum Gasteiger partial charge on any atom is 0.410 e. The van der Waals surface area contributed by atoms with Gasteiger partial charge in [-0.15, -0.1) is 0 Å². The molecule has 4 rings (SSSR count). The molecule has 0 spiro atoms. The first-order valence-electron chi connectivity index (χ1n) is 10.1. The Labute approximate surface area is 201 Å². The van der Waals surface area contributed by atoms with Crippen molar-refractivity contribution in [2.24, 2.45) is 7.05 Å². The predicted molar refractivity (Wildman–Crippen MR) is 121 cm³/mol. The number of hydrogen-bond donors (Lipinski definition) is 1. The van der Waals surface area contributed by atoms with E-state index in [1.165, 1.54) is 4.90 Å². The number of carbonyl (C=O) groups excluding carboxylic acids is 1. The molecule has 12 heteroatoms. The first-order chi connectivity index (χ1) is 15.5. The van der Waals surface area contributed by atoms with E-state index < -0.39 is 24.2 Å². The third-order valence-corrected chi connectivity index (χ3v) is 6.53. The van der Waals surface area contributed by atoms with Crippen molar-refractivity contribution in [3.05, 3.63) is 62.5 Å². The summed E-state index contributed by atoms with van der Waals surface area (Å²) in [6.45, 7) is 2.03. The van der Waals surface area contributed by atoms with E-state index in [1.807, 2.05) is 6.92 Å². The highest BCUT2D eigenvalue weighted by Crippen LogP contribution is 2.46. The fourth-order valence-corrected chi connectivity index (χ4v) is 4.48. The van der Waals surface area contributed by atoms with Gasteiger partial charge in [0, 0.05) is 43.3 Å². The van der Waals surface area contributed by atoms with E-state index in [9.17, 15) is 18.0 Å². The molecule has 0 fully saturated rings. The molecule has 0 unspecified atom stereocenters. The van der Waals surface area contributed by atoms with E-state index in [1.54, 1.807) is 49.2 Å². The van der Waals surface area contributed by atoms with Crippen molar-refractivity contribution in [3.8, 4) is 0 Å². The minimum absolute atomic E-state index is 0.0209. The van der Waals surface area contributed by atoms with E-state index in [-0.39, 0.29) is 29.5 Å². The summed E-state index contributed by atoms with van der Waals surface area (Å²) in [7, 11) is 3.31. The Morgan fingerprint density at radius 3 is 2.55 bits per heavy atom. The number of amides is 1. The monoisotopic (exact) mass is 544 g/mol. The molecule has 33 heavy (non-hydrogen) atoms. The summed E-state index contributed by atoms with van der Waals surface area (Å²) >= 11 is 9.76. The highest BCUT2D eigenvalue weighted by molar-refractivity contribution is 9.10. The van der Waals surface area contributed by atoms with Crippen molar-refractivity contribution < 1.29 is 18.0 Å². The van der Waals surface area contributed by atoms with Crippen molar-refractivity contribution in [1.29, 1.82) is 0 Å². The van der Waals surface area contributed by atoms with Crippen LogP contribution in [-0.2, 0) is 13.6 Å². The molecule has 3 aromatic rings. The molecule has 3 heterocycles. The lowest BCUT2D eigenvalue weighted by molar-refractivity contribution is -0.173. The van der Waals surface area contributed by atoms with Gasteiger partial charge in [-0.05, 0) is 24.6 Å². The molecule has 2 atom stereocenters. The summed E-state index contributed by atoms with van der Waals surface area (Å²) < 4.78 is 45.1. The van der Waals surface area contributed by atoms with Gasteiger partial charge in [-0.3, -0.25) is 9.48 Å². The lowest BCUT2D eigenvalue weighted by Crippen LogP contribution is -2.36. The number of aromatic nitrogens is 4. The van der Waals surface area contributed by atoms with Crippen LogP contribution in [0.2, 0.25) is 5.02 Å². The summed E-state index contributed by atoms with van der Waals surface area (Å²) in [5.41, 5.74) is 2.01. The van der Waals surface area contributed by atoms with E-state index in [0.717, 1.165) is 20.4 Å². The Balaban J connectivity index is 1.67. The number of carbonyl (C=O) groups is 1. The molecule has 1 N–H and O–H groups in total. The summed E-state index contributed by atoms with van der Waals surface area (Å²) in [5.74, 6) is -0.597. The van der Waals surface area contributed by atoms with Gasteiger partial charge in [-0.25, -0.2) is 4.68 Å². The molecule has 0 aliphatic carbocycles. The first kappa shape index (κ1) is 23.6. The Morgan fingerprint density at radius 2 is 1.97 bits per heavy atom. The molecule has 1 aliphatic heterocycles. The second-order valence-corrected chi connectivity index (χ2v) is 9.37. The topological polar surface area (TPSA) is 68.0 Å². The fourth-order valence-electron chi connectivity index (χ4n) is 3.95. The van der Waals surface area contributed by atoms with Gasteiger partial charge in [0.05, 0.1) is 11.7 Å². The van der Waals surface area contributed by atoms with Gasteiger partial charge >= 0.3 is 6.18 Å². The van der Waals surface area contributed by atoms with E-state index in [4.69, 9.17) is 11.6 Å². The average Bonchev–Trinajstić information content (AvgIpc) is 3.24. The molecule has 1 aliphatic rings. The highest BCUT2D eigenvalue weighted by atomic mass is 79.9. The summed E-state index contributed by atoms with van der Waals surface area (Å²) in [5, 5.41) is 11.2. The molecule has 0 saturated carbocycles. The van der Waals surface area contributed by atoms with Crippen LogP contribution < -0.4 is 5.32 Å². The zero-order chi connectivity index (χ0) is 24.1. The molecular formula is C21H21BrClF3N6O. The zero-order valence-corrected chi connectivity index (χ0v) is 20.3. The van der Waals surface area contributed by atoms with Crippen molar-refractivity contribution in [2.75, 3.05) is 12.4 Å². The standard InChI is InChI=1S/C21H21BrClF3N6O/c1-11-13(10-31(3)28-11)9-30(2)20(33)18-17(23)19-27-15(12-4-6-14(22)7-5-12)8-16(21(24,25)26)32(19)29-18/h4-7,10,15-16,27H,8-9H2,1-3H3/t15-,16-/m1/s1. The van der Waals surface area contributed by atoms with Gasteiger partial charge in [-0.1, -0.05) is 39.7 Å². The van der Waals surface area contributed by atoms with Gasteiger partial charge in [-0.2, -0.15) is 23.4 Å². The average molecular weight is 546 g/mol. The first-order valence-corrected chi connectivity index (χ1v) is 11.2. The Morgan fingerprint density at radius 1 is 1.30 bits per heavy atom. The Hall–Kier alpha value is -2.53. The number of hydrogen-bond acceptors (Lipinski definition) is 4. The third-order valence-electron chi connectivity index (χ3n) is 5.64. The smallest absolute Gasteiger partial charge is 0.362 e. The van der Waals surface area contributed by atoms with Crippen molar-refractivity contribution >= 4 is 39.3 Å². The summed E-state index contributed by atoms with van der Waals surface area (Å²) in [6.07, 6.45) is -3.07. The number of halogens is 5. The SMILES string of the molecule is Cc1nn(C)cc1CN(C)C(=O)c1nn2c(c1Cl)N[C@@H](c1ccc(Br)cc1)C[C@@H]2C(F)(F)F. The number of rotatable bonds is 4. The number of nitrogens with one attached hydrogen (secondary N) is 1. The molecule has 1 amide bonds. The Kier molecular flexibility index (Phi) is 6.21. The number of nitrogens with zero attached hydrogens (tertiary/aromatic N) is 5. The lowest BCUT2D eigenvalue weighted by Gasteiger charge is -2.33. The van der Waals surface area contributed by atoms with E-state index in [0.29, 0.717) is 5.56 Å². The van der Waals surface area contributed by atoms with Crippen LogP contribution in [0.5, 0.6) is 0 Å². The van der Waals surface area contributed by atoms with Gasteiger partial charge in [0.15, 0.2) is 11.7 Å². The van der Waals surface area contributed by atoms with Crippen molar-refractivity contribution in [2.45, 2.75) is 38.1 Å². The van der Waals surface area contributed by atoms with Crippen LogP contribution in [0.15, 0.2) is 34.9 Å². The molecule has 2 aromatic heterocycles.